The molecule has 29 heavy (non-hydrogen) atoms. The molecule has 2 aromatic heterocycles. The Morgan fingerprint density at radius 1 is 1.14 bits per heavy atom. The Balaban J connectivity index is 1.35. The number of hydrogen-bond donors (Lipinski definition) is 3. The Morgan fingerprint density at radius 2 is 2.00 bits per heavy atom. The molecule has 4 rings (SSSR count). The molecule has 0 aromatic carbocycles. The standard InChI is InChI=1S/C22H30N6O/c1-28(14-11-17-8-4-5-12-23-17)21-16(7-6-13-24-21)15-25-22(29)20-18-9-2-3-10-19(18)26-27-20/h4-8,12-13,18-20,26-27H,2-3,9-11,14-15H2,1H3,(H,25,29). The highest BCUT2D eigenvalue weighted by Gasteiger charge is 2.40. The van der Waals surface area contributed by atoms with Crippen molar-refractivity contribution in [3.63, 3.8) is 0 Å². The van der Waals surface area contributed by atoms with E-state index in [0.29, 0.717) is 18.5 Å². The molecule has 3 unspecified atom stereocenters. The van der Waals surface area contributed by atoms with Crippen LogP contribution in [-0.4, -0.2) is 41.6 Å². The molecule has 1 aliphatic heterocycles. The van der Waals surface area contributed by atoms with Crippen LogP contribution in [0, 0.1) is 5.92 Å². The third-order valence-electron chi connectivity index (χ3n) is 6.07. The van der Waals surface area contributed by atoms with Crippen LogP contribution in [0.1, 0.15) is 36.9 Å². The number of anilines is 1. The number of amides is 1. The molecule has 3 N–H and O–H groups in total. The van der Waals surface area contributed by atoms with Gasteiger partial charge in [0.05, 0.1) is 0 Å². The van der Waals surface area contributed by atoms with Gasteiger partial charge in [-0.1, -0.05) is 25.0 Å². The first-order valence-corrected chi connectivity index (χ1v) is 10.6. The Bertz CT molecular complexity index is 814. The van der Waals surface area contributed by atoms with Crippen LogP contribution in [-0.2, 0) is 17.8 Å². The van der Waals surface area contributed by atoms with Crippen LogP contribution in [0.2, 0.25) is 0 Å². The molecule has 7 heteroatoms. The lowest BCUT2D eigenvalue weighted by Crippen LogP contribution is -2.45. The lowest BCUT2D eigenvalue weighted by molar-refractivity contribution is -0.124. The summed E-state index contributed by atoms with van der Waals surface area (Å²) in [6, 6.07) is 10.2. The number of likely N-dealkylation sites (N-methyl/N-ethyl adjacent to an activating group) is 1. The first-order valence-electron chi connectivity index (χ1n) is 10.6. The van der Waals surface area contributed by atoms with E-state index in [4.69, 9.17) is 0 Å². The molecule has 3 atom stereocenters. The highest BCUT2D eigenvalue weighted by Crippen LogP contribution is 2.30. The van der Waals surface area contributed by atoms with E-state index in [2.05, 4.69) is 31.0 Å². The Labute approximate surface area is 172 Å². The maximum Gasteiger partial charge on any atom is 0.239 e. The second-order valence-corrected chi connectivity index (χ2v) is 8.02. The van der Waals surface area contributed by atoms with Crippen molar-refractivity contribution in [2.75, 3.05) is 18.5 Å². The van der Waals surface area contributed by atoms with Gasteiger partial charge in [-0.3, -0.25) is 15.2 Å². The van der Waals surface area contributed by atoms with Crippen molar-refractivity contribution in [1.29, 1.82) is 0 Å². The molecule has 0 bridgehead atoms. The van der Waals surface area contributed by atoms with E-state index in [9.17, 15) is 4.79 Å². The second kappa shape index (κ2) is 9.33. The van der Waals surface area contributed by atoms with Gasteiger partial charge in [0.1, 0.15) is 11.9 Å². The summed E-state index contributed by atoms with van der Waals surface area (Å²) in [6.07, 6.45) is 9.18. The molecule has 154 valence electrons. The van der Waals surface area contributed by atoms with E-state index >= 15 is 0 Å². The van der Waals surface area contributed by atoms with E-state index < -0.39 is 0 Å². The third kappa shape index (κ3) is 4.74. The summed E-state index contributed by atoms with van der Waals surface area (Å²) < 4.78 is 0. The number of nitrogens with one attached hydrogen (secondary N) is 3. The molecule has 2 aliphatic rings. The maximum absolute atomic E-state index is 12.8. The second-order valence-electron chi connectivity index (χ2n) is 8.02. The van der Waals surface area contributed by atoms with E-state index in [0.717, 1.165) is 42.9 Å². The number of nitrogens with zero attached hydrogens (tertiary/aromatic N) is 3. The predicted molar refractivity (Wildman–Crippen MR) is 113 cm³/mol. The van der Waals surface area contributed by atoms with E-state index in [1.54, 1.807) is 6.20 Å². The molecular weight excluding hydrogens is 364 g/mol. The topological polar surface area (TPSA) is 82.2 Å². The number of carbonyl (C=O) groups excluding carboxylic acids is 1. The van der Waals surface area contributed by atoms with Crippen LogP contribution in [0.5, 0.6) is 0 Å². The molecule has 3 heterocycles. The number of pyridine rings is 2. The zero-order valence-electron chi connectivity index (χ0n) is 17.0. The average molecular weight is 395 g/mol. The minimum absolute atomic E-state index is 0.0674. The summed E-state index contributed by atoms with van der Waals surface area (Å²) in [6.45, 7) is 1.29. The van der Waals surface area contributed by atoms with Gasteiger partial charge in [-0.2, -0.15) is 0 Å². The van der Waals surface area contributed by atoms with Gasteiger partial charge in [-0.05, 0) is 31.0 Å². The first kappa shape index (κ1) is 19.8. The molecule has 7 nitrogen and oxygen atoms in total. The van der Waals surface area contributed by atoms with E-state index in [1.165, 1.54) is 12.8 Å². The SMILES string of the molecule is CN(CCc1ccccn1)c1ncccc1CNC(=O)C1NNC2CCCCC21. The van der Waals surface area contributed by atoms with Crippen molar-refractivity contribution in [3.8, 4) is 0 Å². The van der Waals surface area contributed by atoms with E-state index in [-0.39, 0.29) is 11.9 Å². The van der Waals surface area contributed by atoms with Crippen molar-refractivity contribution in [1.82, 2.24) is 26.1 Å². The molecule has 1 saturated carbocycles. The summed E-state index contributed by atoms with van der Waals surface area (Å²) in [5, 5.41) is 3.12. The highest BCUT2D eigenvalue weighted by atomic mass is 16.2. The first-order chi connectivity index (χ1) is 14.2. The van der Waals surface area contributed by atoms with Crippen LogP contribution < -0.4 is 21.1 Å². The predicted octanol–water partition coefficient (Wildman–Crippen LogP) is 1.81. The minimum atomic E-state index is -0.151. The monoisotopic (exact) mass is 394 g/mol. The zero-order chi connectivity index (χ0) is 20.1. The van der Waals surface area contributed by atoms with Crippen LogP contribution in [0.3, 0.4) is 0 Å². The molecule has 2 aromatic rings. The third-order valence-corrected chi connectivity index (χ3v) is 6.07. The van der Waals surface area contributed by atoms with Gasteiger partial charge >= 0.3 is 0 Å². The molecule has 1 saturated heterocycles. The van der Waals surface area contributed by atoms with Crippen LogP contribution in [0.4, 0.5) is 5.82 Å². The molecular formula is C22H30N6O. The molecule has 0 spiro atoms. The maximum atomic E-state index is 12.8. The van der Waals surface area contributed by atoms with Crippen LogP contribution >= 0.6 is 0 Å². The summed E-state index contributed by atoms with van der Waals surface area (Å²) in [5.74, 6) is 1.35. The van der Waals surface area contributed by atoms with Gasteiger partial charge in [-0.15, -0.1) is 0 Å². The Kier molecular flexibility index (Phi) is 6.36. The normalized spacial score (nSPS) is 23.4. The van der Waals surface area contributed by atoms with Crippen LogP contribution in [0.15, 0.2) is 42.7 Å². The number of rotatable bonds is 7. The summed E-state index contributed by atoms with van der Waals surface area (Å²) in [4.78, 5) is 23.9. The number of fused-ring (bicyclic) bond motifs is 1. The lowest BCUT2D eigenvalue weighted by atomic mass is 9.81. The van der Waals surface area contributed by atoms with Crippen molar-refractivity contribution < 1.29 is 4.79 Å². The molecule has 1 aliphatic carbocycles. The molecule has 0 radical (unpaired) electrons. The van der Waals surface area contributed by atoms with Crippen molar-refractivity contribution in [2.45, 2.75) is 50.7 Å². The average Bonchev–Trinajstić information content (AvgIpc) is 3.21. The van der Waals surface area contributed by atoms with Gasteiger partial charge in [0, 0.05) is 62.2 Å². The number of hydrazine groups is 1. The smallest absolute Gasteiger partial charge is 0.239 e. The highest BCUT2D eigenvalue weighted by molar-refractivity contribution is 5.82. The van der Waals surface area contributed by atoms with Crippen LogP contribution in [0.25, 0.3) is 0 Å². The van der Waals surface area contributed by atoms with Gasteiger partial charge < -0.3 is 10.2 Å². The van der Waals surface area contributed by atoms with Gasteiger partial charge in [0.2, 0.25) is 5.91 Å². The lowest BCUT2D eigenvalue weighted by Gasteiger charge is -2.26. The van der Waals surface area contributed by atoms with Crippen molar-refractivity contribution in [3.05, 3.63) is 54.0 Å². The minimum Gasteiger partial charge on any atom is -0.359 e. The Hall–Kier alpha value is -2.51. The summed E-state index contributed by atoms with van der Waals surface area (Å²) >= 11 is 0. The quantitative estimate of drug-likeness (QED) is 0.664. The van der Waals surface area contributed by atoms with Gasteiger partial charge in [0.25, 0.3) is 0 Å². The van der Waals surface area contributed by atoms with Gasteiger partial charge in [-0.25, -0.2) is 10.4 Å². The fourth-order valence-electron chi connectivity index (χ4n) is 4.44. The fourth-order valence-corrected chi connectivity index (χ4v) is 4.44. The Morgan fingerprint density at radius 3 is 2.86 bits per heavy atom. The zero-order valence-corrected chi connectivity index (χ0v) is 17.0. The van der Waals surface area contributed by atoms with Gasteiger partial charge in [0.15, 0.2) is 0 Å². The number of carbonyl (C=O) groups is 1. The summed E-state index contributed by atoms with van der Waals surface area (Å²) in [5.41, 5.74) is 8.61. The largest absolute Gasteiger partial charge is 0.359 e. The van der Waals surface area contributed by atoms with E-state index in [1.807, 2.05) is 43.6 Å². The fraction of sp³-hybridized carbons (Fsp3) is 0.500. The van der Waals surface area contributed by atoms with Crippen molar-refractivity contribution >= 4 is 11.7 Å². The number of aromatic nitrogens is 2. The summed E-state index contributed by atoms with van der Waals surface area (Å²) in [7, 11) is 2.03. The van der Waals surface area contributed by atoms with Crippen molar-refractivity contribution in [2.24, 2.45) is 5.92 Å². The molecule has 2 fully saturated rings. The molecule has 1 amide bonds. The number of hydrogen-bond acceptors (Lipinski definition) is 6.